The van der Waals surface area contributed by atoms with Crippen LogP contribution in [-0.4, -0.2) is 86.2 Å². The summed E-state index contributed by atoms with van der Waals surface area (Å²) in [5.41, 5.74) is 0. The molecule has 0 aromatic carbocycles. The molecule has 2 unspecified atom stereocenters. The predicted molar refractivity (Wildman–Crippen MR) is 91.3 cm³/mol. The van der Waals surface area contributed by atoms with Gasteiger partial charge < -0.3 is 25.2 Å². The number of piperazine rings is 1. The lowest BCUT2D eigenvalue weighted by Crippen LogP contribution is -2.59. The van der Waals surface area contributed by atoms with E-state index < -0.39 is 0 Å². The highest BCUT2D eigenvalue weighted by molar-refractivity contribution is 5.85. The second-order valence-electron chi connectivity index (χ2n) is 5.91. The fraction of sp³-hybridized carbons (Fsp3) is 0.857. The monoisotopic (exact) mass is 368 g/mol. The Morgan fingerprint density at radius 2 is 2.00 bits per heavy atom. The van der Waals surface area contributed by atoms with Crippen molar-refractivity contribution in [2.45, 2.75) is 25.0 Å². The highest BCUT2D eigenvalue weighted by Crippen LogP contribution is 2.18. The fourth-order valence-electron chi connectivity index (χ4n) is 3.34. The van der Waals surface area contributed by atoms with Crippen LogP contribution in [0.5, 0.6) is 0 Å². The molecule has 7 nitrogen and oxygen atoms in total. The minimum atomic E-state index is -0.365. The van der Waals surface area contributed by atoms with Crippen molar-refractivity contribution in [3.8, 4) is 0 Å². The van der Waals surface area contributed by atoms with Crippen LogP contribution in [0.15, 0.2) is 0 Å². The van der Waals surface area contributed by atoms with Gasteiger partial charge in [-0.1, -0.05) is 0 Å². The molecule has 2 atom stereocenters. The maximum atomic E-state index is 12.5. The van der Waals surface area contributed by atoms with Gasteiger partial charge in [-0.05, 0) is 12.8 Å². The Balaban J connectivity index is 0.00000132. The number of morpholine rings is 1. The van der Waals surface area contributed by atoms with E-state index in [0.717, 1.165) is 39.0 Å². The average Bonchev–Trinajstić information content (AvgIpc) is 2.55. The van der Waals surface area contributed by atoms with E-state index in [1.807, 2.05) is 9.80 Å². The third-order valence-electron chi connectivity index (χ3n) is 4.48. The summed E-state index contributed by atoms with van der Waals surface area (Å²) in [6.45, 7) is 5.40. The third-order valence-corrected chi connectivity index (χ3v) is 4.48. The first-order chi connectivity index (χ1) is 10.3. The Hall–Kier alpha value is -0.600. The molecular weight excluding hydrogens is 343 g/mol. The van der Waals surface area contributed by atoms with E-state index in [-0.39, 0.29) is 48.8 Å². The number of hydrogen-bond donors (Lipinski definition) is 2. The molecule has 0 bridgehead atoms. The lowest BCUT2D eigenvalue weighted by atomic mass is 10.0. The summed E-state index contributed by atoms with van der Waals surface area (Å²) in [5.74, 6) is 0.214. The zero-order valence-corrected chi connectivity index (χ0v) is 14.8. The molecule has 23 heavy (non-hydrogen) atoms. The summed E-state index contributed by atoms with van der Waals surface area (Å²) in [6.07, 6.45) is 1.57. The Kier molecular flexibility index (Phi) is 8.57. The molecule has 2 N–H and O–H groups in total. The van der Waals surface area contributed by atoms with Gasteiger partial charge in [0.05, 0.1) is 13.2 Å². The molecule has 3 rings (SSSR count). The molecule has 0 aromatic rings. The minimum Gasteiger partial charge on any atom is -0.366 e. The Labute approximate surface area is 149 Å². The smallest absolute Gasteiger partial charge is 0.253 e. The standard InChI is InChI=1S/C14H24N4O3.2ClH/c19-13-9-15-3-6-18(13)11-2-1-5-17(10-11)14(20)12-8-16-4-7-21-12;;/h11-12,15-16H,1-10H2;2*1H. The minimum absolute atomic E-state index is 0. The molecule has 3 aliphatic rings. The number of nitrogens with one attached hydrogen (secondary N) is 2. The Morgan fingerprint density at radius 1 is 1.17 bits per heavy atom. The number of nitrogens with zero attached hydrogens (tertiary/aromatic N) is 2. The summed E-state index contributed by atoms with van der Waals surface area (Å²) >= 11 is 0. The molecule has 0 radical (unpaired) electrons. The third kappa shape index (κ3) is 4.93. The number of amides is 2. The van der Waals surface area contributed by atoms with Gasteiger partial charge in [-0.3, -0.25) is 9.59 Å². The largest absolute Gasteiger partial charge is 0.366 e. The number of piperidine rings is 1. The van der Waals surface area contributed by atoms with E-state index in [1.54, 1.807) is 0 Å². The number of halogens is 2. The van der Waals surface area contributed by atoms with E-state index in [4.69, 9.17) is 4.74 Å². The molecule has 3 aliphatic heterocycles. The highest BCUT2D eigenvalue weighted by atomic mass is 35.5. The van der Waals surface area contributed by atoms with Crippen LogP contribution in [0, 0.1) is 0 Å². The number of carbonyl (C=O) groups is 2. The van der Waals surface area contributed by atoms with Crippen molar-refractivity contribution in [3.63, 3.8) is 0 Å². The quantitative estimate of drug-likeness (QED) is 0.670. The number of ether oxygens (including phenoxy) is 1. The molecule has 3 heterocycles. The molecule has 0 spiro atoms. The second-order valence-corrected chi connectivity index (χ2v) is 5.91. The van der Waals surface area contributed by atoms with Crippen LogP contribution in [0.25, 0.3) is 0 Å². The number of carbonyl (C=O) groups excluding carboxylic acids is 2. The van der Waals surface area contributed by atoms with Crippen molar-refractivity contribution in [1.29, 1.82) is 0 Å². The topological polar surface area (TPSA) is 73.9 Å². The van der Waals surface area contributed by atoms with Crippen LogP contribution < -0.4 is 10.6 Å². The van der Waals surface area contributed by atoms with Crippen LogP contribution in [0.4, 0.5) is 0 Å². The summed E-state index contributed by atoms with van der Waals surface area (Å²) in [6, 6.07) is 0.161. The SMILES string of the molecule is Cl.Cl.O=C(C1CNCCO1)N1CCCC(N2CCNCC2=O)C1. The first-order valence-corrected chi connectivity index (χ1v) is 7.87. The summed E-state index contributed by atoms with van der Waals surface area (Å²) in [4.78, 5) is 28.3. The molecule has 9 heteroatoms. The first-order valence-electron chi connectivity index (χ1n) is 7.87. The highest BCUT2D eigenvalue weighted by Gasteiger charge is 2.34. The van der Waals surface area contributed by atoms with Crippen LogP contribution in [-0.2, 0) is 14.3 Å². The lowest BCUT2D eigenvalue weighted by molar-refractivity contribution is -0.149. The second kappa shape index (κ2) is 9.64. The molecular formula is C14H26Cl2N4O3. The van der Waals surface area contributed by atoms with Gasteiger partial charge in [0.15, 0.2) is 0 Å². The Bertz CT molecular complexity index is 407. The van der Waals surface area contributed by atoms with Crippen LogP contribution in [0.3, 0.4) is 0 Å². The summed E-state index contributed by atoms with van der Waals surface area (Å²) < 4.78 is 5.55. The van der Waals surface area contributed by atoms with E-state index in [9.17, 15) is 9.59 Å². The van der Waals surface area contributed by atoms with Crippen molar-refractivity contribution < 1.29 is 14.3 Å². The fourth-order valence-corrected chi connectivity index (χ4v) is 3.34. The van der Waals surface area contributed by atoms with E-state index in [2.05, 4.69) is 10.6 Å². The number of hydrogen-bond acceptors (Lipinski definition) is 5. The maximum Gasteiger partial charge on any atom is 0.253 e. The molecule has 0 aromatic heterocycles. The lowest BCUT2D eigenvalue weighted by Gasteiger charge is -2.42. The molecule has 3 fully saturated rings. The average molecular weight is 369 g/mol. The maximum absolute atomic E-state index is 12.5. The summed E-state index contributed by atoms with van der Waals surface area (Å²) in [5, 5.41) is 6.28. The van der Waals surface area contributed by atoms with E-state index in [1.165, 1.54) is 0 Å². The first kappa shape index (κ1) is 20.4. The normalized spacial score (nSPS) is 28.6. The van der Waals surface area contributed by atoms with Gasteiger partial charge in [-0.25, -0.2) is 0 Å². The summed E-state index contributed by atoms with van der Waals surface area (Å²) in [7, 11) is 0. The number of likely N-dealkylation sites (tertiary alicyclic amines) is 1. The molecule has 3 saturated heterocycles. The van der Waals surface area contributed by atoms with Crippen molar-refractivity contribution in [3.05, 3.63) is 0 Å². The van der Waals surface area contributed by atoms with Crippen molar-refractivity contribution >= 4 is 36.6 Å². The molecule has 134 valence electrons. The van der Waals surface area contributed by atoms with Crippen LogP contribution >= 0.6 is 24.8 Å². The van der Waals surface area contributed by atoms with E-state index >= 15 is 0 Å². The van der Waals surface area contributed by atoms with Gasteiger partial charge in [0.25, 0.3) is 5.91 Å². The van der Waals surface area contributed by atoms with Gasteiger partial charge in [-0.15, -0.1) is 24.8 Å². The zero-order valence-electron chi connectivity index (χ0n) is 13.2. The molecule has 0 saturated carbocycles. The Morgan fingerprint density at radius 3 is 2.70 bits per heavy atom. The van der Waals surface area contributed by atoms with Gasteiger partial charge in [-0.2, -0.15) is 0 Å². The van der Waals surface area contributed by atoms with Crippen molar-refractivity contribution in [2.75, 3.05) is 52.4 Å². The van der Waals surface area contributed by atoms with Gasteiger partial charge >= 0.3 is 0 Å². The number of rotatable bonds is 2. The van der Waals surface area contributed by atoms with Crippen molar-refractivity contribution in [2.24, 2.45) is 0 Å². The predicted octanol–water partition coefficient (Wildman–Crippen LogP) is -0.759. The van der Waals surface area contributed by atoms with Gasteiger partial charge in [0, 0.05) is 45.3 Å². The van der Waals surface area contributed by atoms with Gasteiger partial charge in [0.1, 0.15) is 6.10 Å². The van der Waals surface area contributed by atoms with Crippen molar-refractivity contribution in [1.82, 2.24) is 20.4 Å². The van der Waals surface area contributed by atoms with Crippen LogP contribution in [0.2, 0.25) is 0 Å². The molecule has 2 amide bonds. The zero-order chi connectivity index (χ0) is 14.7. The van der Waals surface area contributed by atoms with E-state index in [0.29, 0.717) is 26.2 Å². The van der Waals surface area contributed by atoms with Gasteiger partial charge in [0.2, 0.25) is 5.91 Å². The van der Waals surface area contributed by atoms with Crippen LogP contribution in [0.1, 0.15) is 12.8 Å². The molecule has 0 aliphatic carbocycles.